The van der Waals surface area contributed by atoms with Gasteiger partial charge in [-0.1, -0.05) is 88.2 Å². The lowest BCUT2D eigenvalue weighted by Crippen LogP contribution is -2.36. The molecule has 1 saturated heterocycles. The van der Waals surface area contributed by atoms with E-state index in [0.29, 0.717) is 31.7 Å². The lowest BCUT2D eigenvalue weighted by atomic mass is 10.0. The second-order valence-corrected chi connectivity index (χ2v) is 11.4. The van der Waals surface area contributed by atoms with Crippen molar-refractivity contribution in [2.75, 3.05) is 37.7 Å². The van der Waals surface area contributed by atoms with Gasteiger partial charge >= 0.3 is 11.9 Å². The van der Waals surface area contributed by atoms with Crippen LogP contribution >= 0.6 is 11.3 Å². The zero-order valence-corrected chi connectivity index (χ0v) is 24.5. The molecule has 220 valence electrons. The van der Waals surface area contributed by atoms with Crippen LogP contribution in [0.15, 0.2) is 30.5 Å². The Morgan fingerprint density at radius 2 is 1.70 bits per heavy atom. The number of benzene rings is 1. The number of nitrogens with one attached hydrogen (secondary N) is 2. The van der Waals surface area contributed by atoms with Crippen molar-refractivity contribution in [2.24, 2.45) is 0 Å². The molecule has 2 aromatic rings. The average molecular weight is 573 g/mol. The van der Waals surface area contributed by atoms with E-state index in [2.05, 4.69) is 27.4 Å². The van der Waals surface area contributed by atoms with E-state index in [1.807, 2.05) is 12.1 Å². The molecule has 10 heteroatoms. The summed E-state index contributed by atoms with van der Waals surface area (Å²) < 4.78 is 5.41. The van der Waals surface area contributed by atoms with Crippen LogP contribution in [0.1, 0.15) is 98.0 Å². The van der Waals surface area contributed by atoms with Crippen LogP contribution in [-0.2, 0) is 20.7 Å². The lowest BCUT2D eigenvalue weighted by Gasteiger charge is -2.26. The second-order valence-electron chi connectivity index (χ2n) is 10.3. The number of hydrogen-bond acceptors (Lipinski definition) is 7. The molecule has 0 bridgehead atoms. The first kappa shape index (κ1) is 31.5. The van der Waals surface area contributed by atoms with Gasteiger partial charge in [0.2, 0.25) is 0 Å². The van der Waals surface area contributed by atoms with E-state index in [-0.39, 0.29) is 5.91 Å². The predicted molar refractivity (Wildman–Crippen MR) is 158 cm³/mol. The highest BCUT2D eigenvalue weighted by atomic mass is 32.1. The van der Waals surface area contributed by atoms with Crippen molar-refractivity contribution in [3.05, 3.63) is 46.5 Å². The highest BCUT2D eigenvalue weighted by Crippen LogP contribution is 2.30. The third-order valence-corrected chi connectivity index (χ3v) is 8.25. The molecule has 1 fully saturated rings. The Balaban J connectivity index is 1.50. The number of carboxylic acid groups (broad SMARTS) is 1. The van der Waals surface area contributed by atoms with E-state index in [1.165, 1.54) is 62.7 Å². The predicted octanol–water partition coefficient (Wildman–Crippen LogP) is 5.12. The minimum atomic E-state index is -1.54. The molecule has 9 nitrogen and oxygen atoms in total. The molecule has 1 aliphatic rings. The third-order valence-electron chi connectivity index (χ3n) is 7.08. The molecule has 1 unspecified atom stereocenters. The Morgan fingerprint density at radius 3 is 2.38 bits per heavy atom. The van der Waals surface area contributed by atoms with Crippen LogP contribution in [-0.4, -0.2) is 60.7 Å². The number of amides is 2. The zero-order valence-electron chi connectivity index (χ0n) is 23.7. The van der Waals surface area contributed by atoms with Crippen molar-refractivity contribution in [2.45, 2.75) is 83.6 Å². The molecule has 40 heavy (non-hydrogen) atoms. The molecule has 0 spiro atoms. The normalized spacial score (nSPS) is 14.1. The van der Waals surface area contributed by atoms with Crippen molar-refractivity contribution in [1.82, 2.24) is 15.6 Å². The minimum Gasteiger partial charge on any atom is -0.474 e. The first-order valence-corrected chi connectivity index (χ1v) is 15.5. The molecule has 2 amide bonds. The van der Waals surface area contributed by atoms with Crippen molar-refractivity contribution in [3.8, 4) is 0 Å². The Kier molecular flexibility index (Phi) is 13.9. The lowest BCUT2D eigenvalue weighted by molar-refractivity contribution is -0.150. The molecule has 1 atom stereocenters. The Bertz CT molecular complexity index is 1070. The number of hydrogen-bond donors (Lipinski definition) is 3. The maximum absolute atomic E-state index is 12.8. The fraction of sp³-hybridized carbons (Fsp3) is 0.600. The van der Waals surface area contributed by atoms with Crippen LogP contribution in [0.25, 0.3) is 0 Å². The second kappa shape index (κ2) is 17.7. The van der Waals surface area contributed by atoms with Gasteiger partial charge in [0.05, 0.1) is 19.3 Å². The summed E-state index contributed by atoms with van der Waals surface area (Å²) in [6.45, 7) is 5.60. The Hall–Kier alpha value is -2.98. The van der Waals surface area contributed by atoms with Crippen molar-refractivity contribution in [1.29, 1.82) is 0 Å². The highest BCUT2D eigenvalue weighted by Gasteiger charge is 2.24. The van der Waals surface area contributed by atoms with Gasteiger partial charge in [-0.2, -0.15) is 0 Å². The van der Waals surface area contributed by atoms with Crippen LogP contribution < -0.4 is 15.5 Å². The summed E-state index contributed by atoms with van der Waals surface area (Å²) in [7, 11) is 0. The minimum absolute atomic E-state index is 0.128. The van der Waals surface area contributed by atoms with Crippen LogP contribution in [0.4, 0.5) is 5.13 Å². The molecule has 1 aromatic carbocycles. The molecular weight excluding hydrogens is 528 g/mol. The van der Waals surface area contributed by atoms with Crippen molar-refractivity contribution < 1.29 is 24.2 Å². The van der Waals surface area contributed by atoms with Crippen LogP contribution in [0.5, 0.6) is 0 Å². The maximum atomic E-state index is 12.8. The molecule has 3 rings (SSSR count). The van der Waals surface area contributed by atoms with E-state index >= 15 is 0 Å². The molecule has 1 aliphatic heterocycles. The van der Waals surface area contributed by atoms with Gasteiger partial charge in [0, 0.05) is 36.3 Å². The molecule has 3 N–H and O–H groups in total. The number of aliphatic carboxylic acids is 1. The number of anilines is 1. The van der Waals surface area contributed by atoms with Crippen molar-refractivity contribution >= 4 is 34.3 Å². The van der Waals surface area contributed by atoms with E-state index in [4.69, 9.17) is 4.74 Å². The van der Waals surface area contributed by atoms with Gasteiger partial charge in [0.15, 0.2) is 5.13 Å². The number of thiazole rings is 1. The number of morpholine rings is 1. The molecule has 0 saturated carbocycles. The fourth-order valence-electron chi connectivity index (χ4n) is 4.77. The Labute approximate surface area is 241 Å². The summed E-state index contributed by atoms with van der Waals surface area (Å²) in [5.74, 6) is -2.74. The van der Waals surface area contributed by atoms with Gasteiger partial charge in [0.1, 0.15) is 0 Å². The van der Waals surface area contributed by atoms with Gasteiger partial charge in [-0.15, -0.1) is 0 Å². The largest absolute Gasteiger partial charge is 0.474 e. The number of unbranched alkanes of at least 4 members (excludes halogenated alkanes) is 9. The van der Waals surface area contributed by atoms with Crippen LogP contribution in [0, 0.1) is 0 Å². The van der Waals surface area contributed by atoms with Gasteiger partial charge in [0.25, 0.3) is 5.91 Å². The molecule has 1 aromatic heterocycles. The van der Waals surface area contributed by atoms with Gasteiger partial charge in [-0.25, -0.2) is 9.78 Å². The molecule has 0 radical (unpaired) electrons. The summed E-state index contributed by atoms with van der Waals surface area (Å²) in [6.07, 6.45) is 14.5. The van der Waals surface area contributed by atoms with E-state index in [1.54, 1.807) is 18.3 Å². The number of carbonyl (C=O) groups excluding carboxylic acids is 2. The molecule has 2 heterocycles. The van der Waals surface area contributed by atoms with Crippen LogP contribution in [0.3, 0.4) is 0 Å². The van der Waals surface area contributed by atoms with E-state index in [9.17, 15) is 19.5 Å². The molecule has 0 aliphatic carbocycles. The van der Waals surface area contributed by atoms with Gasteiger partial charge < -0.3 is 25.4 Å². The number of carboxylic acids is 1. The maximum Gasteiger partial charge on any atom is 0.394 e. The first-order valence-electron chi connectivity index (χ1n) is 14.7. The van der Waals surface area contributed by atoms with E-state index < -0.39 is 17.9 Å². The monoisotopic (exact) mass is 572 g/mol. The zero-order chi connectivity index (χ0) is 28.6. The highest BCUT2D eigenvalue weighted by molar-refractivity contribution is 7.15. The number of carbonyl (C=O) groups is 3. The van der Waals surface area contributed by atoms with Gasteiger partial charge in [-0.05, 0) is 30.5 Å². The number of aromatic nitrogens is 1. The molecular formula is C30H44N4O5S. The third kappa shape index (κ3) is 10.9. The summed E-state index contributed by atoms with van der Waals surface area (Å²) in [4.78, 5) is 43.5. The van der Waals surface area contributed by atoms with Gasteiger partial charge in [-0.3, -0.25) is 9.59 Å². The first-order chi connectivity index (χ1) is 19.5. The fourth-order valence-corrected chi connectivity index (χ4v) is 5.79. The van der Waals surface area contributed by atoms with Crippen LogP contribution in [0.2, 0.25) is 0 Å². The smallest absolute Gasteiger partial charge is 0.394 e. The summed E-state index contributed by atoms with van der Waals surface area (Å²) in [5.41, 5.74) is 1.37. The summed E-state index contributed by atoms with van der Waals surface area (Å²) >= 11 is 1.43. The number of nitrogens with zero attached hydrogens (tertiary/aromatic N) is 2. The number of ether oxygens (including phenoxy) is 1. The topological polar surface area (TPSA) is 121 Å². The Morgan fingerprint density at radius 1 is 1.02 bits per heavy atom. The average Bonchev–Trinajstić information content (AvgIpc) is 3.46. The number of rotatable bonds is 17. The summed E-state index contributed by atoms with van der Waals surface area (Å²) in [5, 5.41) is 15.6. The van der Waals surface area contributed by atoms with Crippen molar-refractivity contribution in [3.63, 3.8) is 0 Å². The standard InChI is InChI=1S/C30H44N4O5S/c1-2-3-4-5-6-7-8-9-10-11-15-31-27(35)24-14-12-13-23(20-24)21-25(33-28(36)29(37)38)26-22-32-30(40-26)34-16-18-39-19-17-34/h12-14,20,22,25H,2-11,15-19,21H2,1H3,(H,31,35)(H,33,36)(H,37,38). The quantitative estimate of drug-likeness (QED) is 0.178. The SMILES string of the molecule is CCCCCCCCCCCCNC(=O)c1cccc(CC(NC(=O)C(=O)O)c2cnc(N3CCOCC3)s2)c1. The van der Waals surface area contributed by atoms with E-state index in [0.717, 1.165) is 41.5 Å². The summed E-state index contributed by atoms with van der Waals surface area (Å²) in [6, 6.07) is 6.68.